The van der Waals surface area contributed by atoms with Gasteiger partial charge in [-0.05, 0) is 45.1 Å². The standard InChI is InChI=1S/C16H23ClN2O2/c1-12-10-18(2)7-4-8-19(12)11-15(20)13-5-6-16(21-3)14(17)9-13/h5-6,9,12H,4,7-8,10-11H2,1-3H3. The van der Waals surface area contributed by atoms with Crippen molar-refractivity contribution in [3.05, 3.63) is 28.8 Å². The molecule has 0 saturated carbocycles. The van der Waals surface area contributed by atoms with E-state index in [1.54, 1.807) is 25.3 Å². The molecule has 1 heterocycles. The number of benzene rings is 1. The van der Waals surface area contributed by atoms with E-state index in [-0.39, 0.29) is 5.78 Å². The lowest BCUT2D eigenvalue weighted by Crippen LogP contribution is -2.40. The molecule has 2 rings (SSSR count). The van der Waals surface area contributed by atoms with E-state index in [0.29, 0.717) is 28.9 Å². The van der Waals surface area contributed by atoms with Gasteiger partial charge in [-0.15, -0.1) is 0 Å². The van der Waals surface area contributed by atoms with Gasteiger partial charge >= 0.3 is 0 Å². The molecule has 1 unspecified atom stereocenters. The van der Waals surface area contributed by atoms with Gasteiger partial charge in [0.25, 0.3) is 0 Å². The Morgan fingerprint density at radius 1 is 1.43 bits per heavy atom. The Bertz CT molecular complexity index is 507. The van der Waals surface area contributed by atoms with Gasteiger partial charge in [-0.2, -0.15) is 0 Å². The molecule has 4 nitrogen and oxygen atoms in total. The van der Waals surface area contributed by atoms with Gasteiger partial charge in [0.15, 0.2) is 5.78 Å². The maximum atomic E-state index is 12.4. The van der Waals surface area contributed by atoms with Crippen molar-refractivity contribution in [2.24, 2.45) is 0 Å². The van der Waals surface area contributed by atoms with Crippen LogP contribution in [-0.2, 0) is 0 Å². The van der Waals surface area contributed by atoms with Crippen LogP contribution in [0.1, 0.15) is 23.7 Å². The van der Waals surface area contributed by atoms with E-state index >= 15 is 0 Å². The molecule has 1 aliphatic heterocycles. The summed E-state index contributed by atoms with van der Waals surface area (Å²) in [6, 6.07) is 5.60. The summed E-state index contributed by atoms with van der Waals surface area (Å²) in [7, 11) is 3.70. The highest BCUT2D eigenvalue weighted by Gasteiger charge is 2.22. The summed E-state index contributed by atoms with van der Waals surface area (Å²) in [5, 5.41) is 0.479. The first-order valence-electron chi connectivity index (χ1n) is 7.30. The molecule has 1 atom stereocenters. The van der Waals surface area contributed by atoms with Crippen LogP contribution in [0.3, 0.4) is 0 Å². The molecule has 0 aliphatic carbocycles. The molecule has 0 bridgehead atoms. The highest BCUT2D eigenvalue weighted by Crippen LogP contribution is 2.25. The maximum absolute atomic E-state index is 12.4. The Morgan fingerprint density at radius 3 is 2.86 bits per heavy atom. The number of carbonyl (C=O) groups excluding carboxylic acids is 1. The van der Waals surface area contributed by atoms with Gasteiger partial charge in [-0.3, -0.25) is 9.69 Å². The van der Waals surface area contributed by atoms with E-state index in [2.05, 4.69) is 23.8 Å². The molecule has 1 fully saturated rings. The molecule has 0 spiro atoms. The predicted molar refractivity (Wildman–Crippen MR) is 85.5 cm³/mol. The van der Waals surface area contributed by atoms with Crippen LogP contribution in [0.25, 0.3) is 0 Å². The minimum atomic E-state index is 0.107. The molecular weight excluding hydrogens is 288 g/mol. The SMILES string of the molecule is COc1ccc(C(=O)CN2CCCN(C)CC2C)cc1Cl. The molecule has 0 aromatic heterocycles. The Hall–Kier alpha value is -1.10. The van der Waals surface area contributed by atoms with Crippen molar-refractivity contribution in [1.29, 1.82) is 0 Å². The number of Topliss-reactive ketones (excluding diaryl/α,β-unsaturated/α-hetero) is 1. The van der Waals surface area contributed by atoms with Crippen LogP contribution in [-0.4, -0.2) is 62.0 Å². The molecule has 1 aromatic carbocycles. The van der Waals surface area contributed by atoms with Gasteiger partial charge in [-0.25, -0.2) is 0 Å². The summed E-state index contributed by atoms with van der Waals surface area (Å²) in [6.45, 7) is 5.66. The number of carbonyl (C=O) groups is 1. The van der Waals surface area contributed by atoms with E-state index in [4.69, 9.17) is 16.3 Å². The van der Waals surface area contributed by atoms with Crippen LogP contribution in [0, 0.1) is 0 Å². The first kappa shape index (κ1) is 16.3. The third-order valence-electron chi connectivity index (χ3n) is 4.00. The fourth-order valence-corrected chi connectivity index (χ4v) is 3.03. The van der Waals surface area contributed by atoms with Gasteiger partial charge in [0.2, 0.25) is 0 Å². The highest BCUT2D eigenvalue weighted by molar-refractivity contribution is 6.32. The summed E-state index contributed by atoms with van der Waals surface area (Å²) < 4.78 is 5.12. The topological polar surface area (TPSA) is 32.8 Å². The molecule has 21 heavy (non-hydrogen) atoms. The molecule has 1 aliphatic rings. The fraction of sp³-hybridized carbons (Fsp3) is 0.562. The number of ether oxygens (including phenoxy) is 1. The summed E-state index contributed by atoms with van der Waals surface area (Å²) in [5.74, 6) is 0.703. The van der Waals surface area contributed by atoms with Crippen LogP contribution in [0.15, 0.2) is 18.2 Å². The molecular formula is C16H23ClN2O2. The maximum Gasteiger partial charge on any atom is 0.176 e. The van der Waals surface area contributed by atoms with Crippen molar-refractivity contribution in [3.8, 4) is 5.75 Å². The average Bonchev–Trinajstić information content (AvgIpc) is 2.60. The molecule has 1 aromatic rings. The van der Waals surface area contributed by atoms with Gasteiger partial charge in [0, 0.05) is 24.7 Å². The van der Waals surface area contributed by atoms with E-state index in [0.717, 1.165) is 26.1 Å². The summed E-state index contributed by atoms with van der Waals surface area (Å²) in [4.78, 5) is 17.0. The zero-order chi connectivity index (χ0) is 15.4. The zero-order valence-electron chi connectivity index (χ0n) is 12.9. The molecule has 1 saturated heterocycles. The van der Waals surface area contributed by atoms with Crippen molar-refractivity contribution in [2.75, 3.05) is 40.3 Å². The van der Waals surface area contributed by atoms with E-state index in [9.17, 15) is 4.79 Å². The molecule has 0 radical (unpaired) electrons. The number of ketones is 1. The van der Waals surface area contributed by atoms with Crippen LogP contribution >= 0.6 is 11.6 Å². The highest BCUT2D eigenvalue weighted by atomic mass is 35.5. The molecule has 0 amide bonds. The Kier molecular flexibility index (Phi) is 5.62. The Labute approximate surface area is 131 Å². The van der Waals surface area contributed by atoms with E-state index < -0.39 is 0 Å². The summed E-state index contributed by atoms with van der Waals surface area (Å²) in [5.41, 5.74) is 0.644. The minimum Gasteiger partial charge on any atom is -0.495 e. The largest absolute Gasteiger partial charge is 0.495 e. The Morgan fingerprint density at radius 2 is 2.19 bits per heavy atom. The number of hydrogen-bond acceptors (Lipinski definition) is 4. The van der Waals surface area contributed by atoms with Crippen molar-refractivity contribution < 1.29 is 9.53 Å². The van der Waals surface area contributed by atoms with Crippen LogP contribution in [0.5, 0.6) is 5.75 Å². The summed E-state index contributed by atoms with van der Waals surface area (Å²) >= 11 is 6.09. The van der Waals surface area contributed by atoms with Crippen molar-refractivity contribution in [2.45, 2.75) is 19.4 Å². The third kappa shape index (κ3) is 4.19. The average molecular weight is 311 g/mol. The second kappa shape index (κ2) is 7.25. The second-order valence-electron chi connectivity index (χ2n) is 5.71. The van der Waals surface area contributed by atoms with Crippen LogP contribution in [0.4, 0.5) is 0 Å². The van der Waals surface area contributed by atoms with Gasteiger partial charge < -0.3 is 9.64 Å². The first-order chi connectivity index (χ1) is 10.0. The second-order valence-corrected chi connectivity index (χ2v) is 6.11. The molecule has 0 N–H and O–H groups in total. The monoisotopic (exact) mass is 310 g/mol. The summed E-state index contributed by atoms with van der Waals surface area (Å²) in [6.07, 6.45) is 1.09. The van der Waals surface area contributed by atoms with Gasteiger partial charge in [0.05, 0.1) is 18.7 Å². The van der Waals surface area contributed by atoms with Crippen molar-refractivity contribution in [3.63, 3.8) is 0 Å². The number of halogens is 1. The lowest BCUT2D eigenvalue weighted by atomic mass is 10.1. The van der Waals surface area contributed by atoms with Crippen molar-refractivity contribution in [1.82, 2.24) is 9.80 Å². The minimum absolute atomic E-state index is 0.107. The van der Waals surface area contributed by atoms with E-state index in [1.165, 1.54) is 0 Å². The third-order valence-corrected chi connectivity index (χ3v) is 4.30. The number of likely N-dealkylation sites (N-methyl/N-ethyl adjacent to an activating group) is 1. The normalized spacial score (nSPS) is 21.0. The smallest absolute Gasteiger partial charge is 0.176 e. The van der Waals surface area contributed by atoms with Crippen LogP contribution < -0.4 is 4.74 Å². The van der Waals surface area contributed by atoms with E-state index in [1.807, 2.05) is 0 Å². The molecule has 116 valence electrons. The number of hydrogen-bond donors (Lipinski definition) is 0. The number of rotatable bonds is 4. The number of nitrogens with zero attached hydrogens (tertiary/aromatic N) is 2. The lowest BCUT2D eigenvalue weighted by Gasteiger charge is -2.27. The number of methoxy groups -OCH3 is 1. The zero-order valence-corrected chi connectivity index (χ0v) is 13.7. The van der Waals surface area contributed by atoms with Crippen LogP contribution in [0.2, 0.25) is 5.02 Å². The molecule has 5 heteroatoms. The van der Waals surface area contributed by atoms with Gasteiger partial charge in [0.1, 0.15) is 5.75 Å². The fourth-order valence-electron chi connectivity index (χ4n) is 2.77. The van der Waals surface area contributed by atoms with Crippen molar-refractivity contribution >= 4 is 17.4 Å². The quantitative estimate of drug-likeness (QED) is 0.800. The first-order valence-corrected chi connectivity index (χ1v) is 7.68. The predicted octanol–water partition coefficient (Wildman–Crippen LogP) is 2.56. The Balaban J connectivity index is 2.05. The van der Waals surface area contributed by atoms with Gasteiger partial charge in [-0.1, -0.05) is 11.6 Å². The lowest BCUT2D eigenvalue weighted by molar-refractivity contribution is 0.0900.